The van der Waals surface area contributed by atoms with E-state index in [4.69, 9.17) is 9.84 Å². The van der Waals surface area contributed by atoms with Crippen LogP contribution < -0.4 is 5.32 Å². The molecule has 0 aliphatic carbocycles. The van der Waals surface area contributed by atoms with Crippen molar-refractivity contribution in [3.05, 3.63) is 36.0 Å². The number of aliphatic hydroxyl groups excluding tert-OH is 1. The van der Waals surface area contributed by atoms with Crippen molar-refractivity contribution >= 4 is 16.8 Å². The van der Waals surface area contributed by atoms with Gasteiger partial charge in [0.15, 0.2) is 0 Å². The van der Waals surface area contributed by atoms with Gasteiger partial charge in [-0.2, -0.15) is 0 Å². The van der Waals surface area contributed by atoms with E-state index in [0.717, 1.165) is 10.9 Å². The van der Waals surface area contributed by atoms with E-state index in [0.29, 0.717) is 25.3 Å². The van der Waals surface area contributed by atoms with Gasteiger partial charge in [-0.1, -0.05) is 6.07 Å². The van der Waals surface area contributed by atoms with Crippen LogP contribution in [0.1, 0.15) is 10.4 Å². The molecule has 0 spiro atoms. The van der Waals surface area contributed by atoms with Crippen LogP contribution in [0, 0.1) is 0 Å². The number of aliphatic hydroxyl groups is 1. The molecule has 96 valence electrons. The number of carbonyl (C=O) groups is 1. The number of amides is 1. The van der Waals surface area contributed by atoms with Crippen molar-refractivity contribution in [1.29, 1.82) is 0 Å². The van der Waals surface area contributed by atoms with Crippen LogP contribution in [0.5, 0.6) is 0 Å². The van der Waals surface area contributed by atoms with Crippen molar-refractivity contribution in [1.82, 2.24) is 10.3 Å². The summed E-state index contributed by atoms with van der Waals surface area (Å²) in [7, 11) is 0. The first kappa shape index (κ1) is 12.6. The maximum atomic E-state index is 12.0. The molecule has 0 radical (unpaired) electrons. The summed E-state index contributed by atoms with van der Waals surface area (Å²) in [5.74, 6) is -0.118. The molecule has 0 aliphatic heterocycles. The molecule has 0 saturated heterocycles. The molecular weight excluding hydrogens is 232 g/mol. The van der Waals surface area contributed by atoms with Crippen LogP contribution >= 0.6 is 0 Å². The van der Waals surface area contributed by atoms with Crippen molar-refractivity contribution < 1.29 is 14.6 Å². The predicted octanol–water partition coefficient (Wildman–Crippen LogP) is 0.907. The van der Waals surface area contributed by atoms with Gasteiger partial charge in [0.1, 0.15) is 0 Å². The summed E-state index contributed by atoms with van der Waals surface area (Å²) in [6.07, 6.45) is 1.81. The Hall–Kier alpha value is -1.85. The van der Waals surface area contributed by atoms with E-state index in [1.807, 2.05) is 24.4 Å². The fraction of sp³-hybridized carbons (Fsp3) is 0.308. The molecule has 3 N–H and O–H groups in total. The Labute approximate surface area is 105 Å². The van der Waals surface area contributed by atoms with E-state index >= 15 is 0 Å². The van der Waals surface area contributed by atoms with Crippen molar-refractivity contribution in [2.75, 3.05) is 26.4 Å². The second-order valence-corrected chi connectivity index (χ2v) is 3.84. The van der Waals surface area contributed by atoms with Crippen LogP contribution in [0.4, 0.5) is 0 Å². The molecule has 2 rings (SSSR count). The molecule has 0 bridgehead atoms. The summed E-state index contributed by atoms with van der Waals surface area (Å²) >= 11 is 0. The third-order valence-electron chi connectivity index (χ3n) is 2.61. The lowest BCUT2D eigenvalue weighted by Gasteiger charge is -2.06. The molecule has 1 aromatic carbocycles. The van der Waals surface area contributed by atoms with Crippen molar-refractivity contribution in [2.24, 2.45) is 0 Å². The average Bonchev–Trinajstić information content (AvgIpc) is 2.86. The summed E-state index contributed by atoms with van der Waals surface area (Å²) in [5.41, 5.74) is 1.59. The number of nitrogens with one attached hydrogen (secondary N) is 2. The maximum Gasteiger partial charge on any atom is 0.252 e. The number of carbonyl (C=O) groups excluding carboxylic acids is 1. The highest BCUT2D eigenvalue weighted by molar-refractivity contribution is 6.06. The van der Waals surface area contributed by atoms with E-state index in [1.54, 1.807) is 6.07 Å². The van der Waals surface area contributed by atoms with Crippen LogP contribution in [0.3, 0.4) is 0 Å². The van der Waals surface area contributed by atoms with Gasteiger partial charge in [-0.3, -0.25) is 4.79 Å². The zero-order chi connectivity index (χ0) is 12.8. The first-order valence-electron chi connectivity index (χ1n) is 5.86. The lowest BCUT2D eigenvalue weighted by atomic mass is 10.1. The Kier molecular flexibility index (Phi) is 4.33. The molecular formula is C13H16N2O3. The highest BCUT2D eigenvalue weighted by Gasteiger charge is 2.09. The first-order chi connectivity index (χ1) is 8.83. The van der Waals surface area contributed by atoms with E-state index < -0.39 is 0 Å². The van der Waals surface area contributed by atoms with Crippen LogP contribution in [0.25, 0.3) is 10.9 Å². The molecule has 5 heteroatoms. The summed E-state index contributed by atoms with van der Waals surface area (Å²) in [6, 6.07) is 7.44. The van der Waals surface area contributed by atoms with Gasteiger partial charge < -0.3 is 20.1 Å². The van der Waals surface area contributed by atoms with Gasteiger partial charge in [-0.05, 0) is 18.2 Å². The highest BCUT2D eigenvalue weighted by atomic mass is 16.5. The Morgan fingerprint density at radius 3 is 3.06 bits per heavy atom. The SMILES string of the molecule is O=C(NCCOCCO)c1cccc2[nH]ccc12. The van der Waals surface area contributed by atoms with Gasteiger partial charge in [0, 0.05) is 29.2 Å². The fourth-order valence-corrected chi connectivity index (χ4v) is 1.78. The summed E-state index contributed by atoms with van der Waals surface area (Å²) in [5, 5.41) is 12.2. The number of fused-ring (bicyclic) bond motifs is 1. The lowest BCUT2D eigenvalue weighted by molar-refractivity contribution is 0.0839. The second kappa shape index (κ2) is 6.18. The molecule has 18 heavy (non-hydrogen) atoms. The largest absolute Gasteiger partial charge is 0.394 e. The Bertz CT molecular complexity index is 522. The van der Waals surface area contributed by atoms with Crippen LogP contribution in [0.15, 0.2) is 30.5 Å². The molecule has 2 aromatic rings. The minimum Gasteiger partial charge on any atom is -0.394 e. The minimum atomic E-state index is -0.118. The van der Waals surface area contributed by atoms with E-state index in [-0.39, 0.29) is 12.5 Å². The molecule has 0 saturated carbocycles. The van der Waals surface area contributed by atoms with E-state index in [1.165, 1.54) is 0 Å². The monoisotopic (exact) mass is 248 g/mol. The Balaban J connectivity index is 1.94. The zero-order valence-electron chi connectivity index (χ0n) is 9.98. The van der Waals surface area contributed by atoms with Gasteiger partial charge in [0.2, 0.25) is 0 Å². The van der Waals surface area contributed by atoms with Gasteiger partial charge in [0.25, 0.3) is 5.91 Å². The number of benzene rings is 1. The number of ether oxygens (including phenoxy) is 1. The number of rotatable bonds is 6. The van der Waals surface area contributed by atoms with Crippen molar-refractivity contribution in [3.63, 3.8) is 0 Å². The Morgan fingerprint density at radius 2 is 2.22 bits per heavy atom. The minimum absolute atomic E-state index is 0.00337. The topological polar surface area (TPSA) is 74.3 Å². The lowest BCUT2D eigenvalue weighted by Crippen LogP contribution is -2.27. The molecule has 0 atom stereocenters. The van der Waals surface area contributed by atoms with Crippen LogP contribution in [-0.2, 0) is 4.74 Å². The van der Waals surface area contributed by atoms with E-state index in [9.17, 15) is 4.79 Å². The second-order valence-electron chi connectivity index (χ2n) is 3.84. The average molecular weight is 248 g/mol. The van der Waals surface area contributed by atoms with Crippen LogP contribution in [-0.4, -0.2) is 42.4 Å². The highest BCUT2D eigenvalue weighted by Crippen LogP contribution is 2.16. The standard InChI is InChI=1S/C13H16N2O3/c16-7-9-18-8-6-15-13(17)11-2-1-3-12-10(11)4-5-14-12/h1-5,14,16H,6-9H2,(H,15,17). The van der Waals surface area contributed by atoms with E-state index in [2.05, 4.69) is 10.3 Å². The number of hydrogen-bond donors (Lipinski definition) is 3. The number of aromatic amines is 1. The molecule has 1 amide bonds. The quantitative estimate of drug-likeness (QED) is 0.665. The van der Waals surface area contributed by atoms with Crippen molar-refractivity contribution in [2.45, 2.75) is 0 Å². The Morgan fingerprint density at radius 1 is 1.33 bits per heavy atom. The molecule has 0 unspecified atom stereocenters. The van der Waals surface area contributed by atoms with Gasteiger partial charge in [0.05, 0.1) is 19.8 Å². The number of H-pyrrole nitrogens is 1. The molecule has 1 heterocycles. The molecule has 1 aromatic heterocycles. The summed E-state index contributed by atoms with van der Waals surface area (Å²) in [6.45, 7) is 1.12. The fourth-order valence-electron chi connectivity index (χ4n) is 1.78. The number of hydrogen-bond acceptors (Lipinski definition) is 3. The third-order valence-corrected chi connectivity index (χ3v) is 2.61. The number of aromatic nitrogens is 1. The van der Waals surface area contributed by atoms with Gasteiger partial charge in [-0.25, -0.2) is 0 Å². The summed E-state index contributed by atoms with van der Waals surface area (Å²) in [4.78, 5) is 15.0. The third kappa shape index (κ3) is 2.88. The molecule has 0 fully saturated rings. The molecule has 5 nitrogen and oxygen atoms in total. The smallest absolute Gasteiger partial charge is 0.252 e. The maximum absolute atomic E-state index is 12.0. The first-order valence-corrected chi connectivity index (χ1v) is 5.86. The van der Waals surface area contributed by atoms with Gasteiger partial charge >= 0.3 is 0 Å². The van der Waals surface area contributed by atoms with Crippen LogP contribution in [0.2, 0.25) is 0 Å². The predicted molar refractivity (Wildman–Crippen MR) is 68.5 cm³/mol. The van der Waals surface area contributed by atoms with Crippen molar-refractivity contribution in [3.8, 4) is 0 Å². The zero-order valence-corrected chi connectivity index (χ0v) is 9.98. The summed E-state index contributed by atoms with van der Waals surface area (Å²) < 4.78 is 5.07. The molecule has 0 aliphatic rings. The normalized spacial score (nSPS) is 10.7. The van der Waals surface area contributed by atoms with Gasteiger partial charge in [-0.15, -0.1) is 0 Å².